The van der Waals surface area contributed by atoms with Crippen molar-refractivity contribution in [3.05, 3.63) is 21.3 Å². The van der Waals surface area contributed by atoms with Gasteiger partial charge < -0.3 is 9.88 Å². The highest BCUT2D eigenvalue weighted by Crippen LogP contribution is 2.33. The van der Waals surface area contributed by atoms with Crippen LogP contribution < -0.4 is 4.90 Å². The van der Waals surface area contributed by atoms with E-state index in [9.17, 15) is 13.2 Å². The molecule has 2 rings (SSSR count). The average Bonchev–Trinajstić information content (AvgIpc) is 2.60. The second-order valence-electron chi connectivity index (χ2n) is 3.81. The molecule has 1 N–H and O–H groups in total. The Morgan fingerprint density at radius 2 is 1.94 bits per heavy atom. The minimum atomic E-state index is -4.34. The summed E-state index contributed by atoms with van der Waals surface area (Å²) in [5.74, 6) is 0.539. The zero-order valence-corrected chi connectivity index (χ0v) is 11.2. The second-order valence-corrected chi connectivity index (χ2v) is 4.97. The fourth-order valence-electron chi connectivity index (χ4n) is 1.44. The lowest BCUT2D eigenvalue weighted by Gasteiger charge is -2.06. The number of alkyl halides is 3. The maximum atomic E-state index is 12.6. The van der Waals surface area contributed by atoms with E-state index in [2.05, 4.69) is 9.97 Å². The number of aromatic amines is 1. The van der Waals surface area contributed by atoms with Crippen molar-refractivity contribution in [1.29, 1.82) is 0 Å². The third kappa shape index (κ3) is 2.33. The molecule has 1 aromatic carbocycles. The number of nitrogens with zero attached hydrogens (tertiary/aromatic N) is 2. The topological polar surface area (TPSA) is 31.9 Å². The maximum Gasteiger partial charge on any atom is 0.416 e. The van der Waals surface area contributed by atoms with Gasteiger partial charge in [0.05, 0.1) is 11.1 Å². The van der Waals surface area contributed by atoms with Crippen LogP contribution in [0, 0.1) is 3.57 Å². The number of halogens is 4. The average molecular weight is 355 g/mol. The first kappa shape index (κ1) is 12.5. The number of hydrogen-bond acceptors (Lipinski definition) is 2. The van der Waals surface area contributed by atoms with Crippen LogP contribution in [0.5, 0.6) is 0 Å². The Labute approximate surface area is 109 Å². The van der Waals surface area contributed by atoms with E-state index >= 15 is 0 Å². The van der Waals surface area contributed by atoms with Crippen LogP contribution in [0.15, 0.2) is 12.1 Å². The molecule has 0 amide bonds. The molecule has 0 bridgehead atoms. The SMILES string of the molecule is CN(C)c1nc2c(I)cc(C(F)(F)F)cc2[nH]1. The standard InChI is InChI=1S/C10H9F3IN3/c1-17(2)9-15-7-4-5(10(11,12)13)3-6(14)8(7)16-9/h3-4H,1-2H3,(H,15,16). The summed E-state index contributed by atoms with van der Waals surface area (Å²) in [5, 5.41) is 0. The van der Waals surface area contributed by atoms with Gasteiger partial charge in [0, 0.05) is 17.7 Å². The van der Waals surface area contributed by atoms with Crippen molar-refractivity contribution in [3.8, 4) is 0 Å². The molecule has 92 valence electrons. The Morgan fingerprint density at radius 1 is 1.29 bits per heavy atom. The van der Waals surface area contributed by atoms with E-state index in [-0.39, 0.29) is 0 Å². The van der Waals surface area contributed by atoms with Gasteiger partial charge >= 0.3 is 6.18 Å². The molecule has 0 saturated heterocycles. The summed E-state index contributed by atoms with van der Waals surface area (Å²) in [6, 6.07) is 2.18. The molecule has 0 spiro atoms. The summed E-state index contributed by atoms with van der Waals surface area (Å²) in [6.45, 7) is 0. The zero-order chi connectivity index (χ0) is 12.8. The summed E-state index contributed by atoms with van der Waals surface area (Å²) in [7, 11) is 3.55. The molecule has 2 aromatic rings. The van der Waals surface area contributed by atoms with Crippen molar-refractivity contribution in [2.45, 2.75) is 6.18 Å². The van der Waals surface area contributed by atoms with E-state index < -0.39 is 11.7 Å². The molecule has 0 fully saturated rings. The normalized spacial score (nSPS) is 12.1. The third-order valence-electron chi connectivity index (χ3n) is 2.28. The molecule has 0 radical (unpaired) electrons. The molecule has 0 atom stereocenters. The van der Waals surface area contributed by atoms with E-state index in [0.29, 0.717) is 20.6 Å². The number of rotatable bonds is 1. The van der Waals surface area contributed by atoms with Crippen molar-refractivity contribution in [2.75, 3.05) is 19.0 Å². The number of anilines is 1. The minimum absolute atomic E-state index is 0.396. The highest BCUT2D eigenvalue weighted by atomic mass is 127. The number of fused-ring (bicyclic) bond motifs is 1. The van der Waals surface area contributed by atoms with E-state index in [0.717, 1.165) is 12.1 Å². The van der Waals surface area contributed by atoms with Gasteiger partial charge in [0.2, 0.25) is 5.95 Å². The van der Waals surface area contributed by atoms with E-state index in [1.54, 1.807) is 19.0 Å². The summed E-state index contributed by atoms with van der Waals surface area (Å²) in [5.41, 5.74) is 0.290. The lowest BCUT2D eigenvalue weighted by molar-refractivity contribution is -0.137. The fourth-order valence-corrected chi connectivity index (χ4v) is 2.18. The molecule has 1 aromatic heterocycles. The molecular weight excluding hydrogens is 346 g/mol. The van der Waals surface area contributed by atoms with Crippen LogP contribution >= 0.6 is 22.6 Å². The van der Waals surface area contributed by atoms with Crippen LogP contribution in [-0.2, 0) is 6.18 Å². The van der Waals surface area contributed by atoms with Gasteiger partial charge in [0.25, 0.3) is 0 Å². The molecular formula is C10H9F3IN3. The van der Waals surface area contributed by atoms with Gasteiger partial charge in [-0.2, -0.15) is 13.2 Å². The van der Waals surface area contributed by atoms with Crippen LogP contribution in [0.2, 0.25) is 0 Å². The van der Waals surface area contributed by atoms with Gasteiger partial charge in [-0.25, -0.2) is 4.98 Å². The molecule has 0 aliphatic carbocycles. The number of hydrogen-bond donors (Lipinski definition) is 1. The van der Waals surface area contributed by atoms with Gasteiger partial charge in [0.1, 0.15) is 5.52 Å². The molecule has 0 saturated carbocycles. The molecule has 17 heavy (non-hydrogen) atoms. The van der Waals surface area contributed by atoms with Crippen molar-refractivity contribution >= 4 is 39.6 Å². The molecule has 3 nitrogen and oxygen atoms in total. The second kappa shape index (κ2) is 4.04. The first-order chi connectivity index (χ1) is 7.79. The molecule has 7 heteroatoms. The van der Waals surface area contributed by atoms with Crippen molar-refractivity contribution in [2.24, 2.45) is 0 Å². The highest BCUT2D eigenvalue weighted by Gasteiger charge is 2.31. The van der Waals surface area contributed by atoms with Gasteiger partial charge in [-0.1, -0.05) is 0 Å². The largest absolute Gasteiger partial charge is 0.416 e. The Balaban J connectivity index is 2.65. The Kier molecular flexibility index (Phi) is 2.96. The van der Waals surface area contributed by atoms with E-state index in [4.69, 9.17) is 0 Å². The van der Waals surface area contributed by atoms with Crippen molar-refractivity contribution in [3.63, 3.8) is 0 Å². The summed E-state index contributed by atoms with van der Waals surface area (Å²) in [4.78, 5) is 8.80. The minimum Gasteiger partial charge on any atom is -0.349 e. The van der Waals surface area contributed by atoms with Crippen LogP contribution in [0.3, 0.4) is 0 Å². The molecule has 1 heterocycles. The van der Waals surface area contributed by atoms with Crippen LogP contribution in [0.4, 0.5) is 19.1 Å². The number of aromatic nitrogens is 2. The third-order valence-corrected chi connectivity index (χ3v) is 3.10. The van der Waals surface area contributed by atoms with E-state index in [1.807, 2.05) is 22.6 Å². The predicted octanol–water partition coefficient (Wildman–Crippen LogP) is 3.25. The van der Waals surface area contributed by atoms with Crippen LogP contribution in [-0.4, -0.2) is 24.1 Å². The summed E-state index contributed by atoms with van der Waals surface area (Å²) in [6.07, 6.45) is -4.34. The lowest BCUT2D eigenvalue weighted by atomic mass is 10.2. The van der Waals surface area contributed by atoms with Gasteiger partial charge in [-0.05, 0) is 34.7 Å². The summed E-state index contributed by atoms with van der Waals surface area (Å²) >= 11 is 1.86. The number of H-pyrrole nitrogens is 1. The molecule has 0 aliphatic rings. The first-order valence-electron chi connectivity index (χ1n) is 4.73. The number of benzene rings is 1. The number of nitrogens with one attached hydrogen (secondary N) is 1. The Bertz CT molecular complexity index is 560. The smallest absolute Gasteiger partial charge is 0.349 e. The van der Waals surface area contributed by atoms with E-state index in [1.165, 1.54) is 0 Å². The van der Waals surface area contributed by atoms with Crippen molar-refractivity contribution < 1.29 is 13.2 Å². The van der Waals surface area contributed by atoms with Crippen LogP contribution in [0.1, 0.15) is 5.56 Å². The zero-order valence-electron chi connectivity index (χ0n) is 9.06. The van der Waals surface area contributed by atoms with Gasteiger partial charge in [-0.3, -0.25) is 0 Å². The van der Waals surface area contributed by atoms with Crippen molar-refractivity contribution in [1.82, 2.24) is 9.97 Å². The Morgan fingerprint density at radius 3 is 2.47 bits per heavy atom. The van der Waals surface area contributed by atoms with Gasteiger partial charge in [0.15, 0.2) is 0 Å². The monoisotopic (exact) mass is 355 g/mol. The lowest BCUT2D eigenvalue weighted by Crippen LogP contribution is -2.09. The molecule has 0 aliphatic heterocycles. The van der Waals surface area contributed by atoms with Crippen LogP contribution in [0.25, 0.3) is 11.0 Å². The molecule has 0 unspecified atom stereocenters. The maximum absolute atomic E-state index is 12.6. The predicted molar refractivity (Wildman–Crippen MR) is 68.1 cm³/mol. The van der Waals surface area contributed by atoms with Gasteiger partial charge in [-0.15, -0.1) is 0 Å². The fraction of sp³-hybridized carbons (Fsp3) is 0.300. The summed E-state index contributed by atoms with van der Waals surface area (Å²) < 4.78 is 38.3. The first-order valence-corrected chi connectivity index (χ1v) is 5.80. The highest BCUT2D eigenvalue weighted by molar-refractivity contribution is 14.1. The Hall–Kier alpha value is -0.990. The quantitative estimate of drug-likeness (QED) is 0.797. The number of imidazole rings is 1.